The van der Waals surface area contributed by atoms with Gasteiger partial charge in [0.05, 0.1) is 5.54 Å². The number of benzene rings is 1. The van der Waals surface area contributed by atoms with Gasteiger partial charge >= 0.3 is 0 Å². The Morgan fingerprint density at radius 2 is 2.12 bits per heavy atom. The van der Waals surface area contributed by atoms with Crippen LogP contribution in [0.1, 0.15) is 13.3 Å². The first-order valence-corrected chi connectivity index (χ1v) is 5.98. The first-order chi connectivity index (χ1) is 7.83. The summed E-state index contributed by atoms with van der Waals surface area (Å²) in [5.74, 6) is -1.41. The van der Waals surface area contributed by atoms with E-state index in [0.717, 1.165) is 6.07 Å². The van der Waals surface area contributed by atoms with Crippen LogP contribution in [0.2, 0.25) is 0 Å². The molecular weight excluding hydrogens is 246 g/mol. The molecule has 0 aliphatic rings. The lowest BCUT2D eigenvalue weighted by Crippen LogP contribution is -2.49. The van der Waals surface area contributed by atoms with Crippen molar-refractivity contribution < 1.29 is 13.6 Å². The summed E-state index contributed by atoms with van der Waals surface area (Å²) in [5.41, 5.74) is 9.64. The third kappa shape index (κ3) is 3.98. The monoisotopic (exact) mass is 260 g/mol. The third-order valence-electron chi connectivity index (χ3n) is 2.34. The number of amides is 1. The standard InChI is InChI=1S/C11H14F2N2OS/c1-11(15,10(14)16)4-5-17-9-3-2-7(12)6-8(9)13/h2-3,6H,4-5,15H2,1H3,(H2,14,16). The summed E-state index contributed by atoms with van der Waals surface area (Å²) in [5, 5.41) is 0. The van der Waals surface area contributed by atoms with E-state index in [4.69, 9.17) is 11.5 Å². The molecule has 0 aromatic heterocycles. The normalized spacial score (nSPS) is 14.4. The number of rotatable bonds is 5. The van der Waals surface area contributed by atoms with Crippen LogP contribution in [0.4, 0.5) is 8.78 Å². The summed E-state index contributed by atoms with van der Waals surface area (Å²) in [7, 11) is 0. The topological polar surface area (TPSA) is 69.1 Å². The van der Waals surface area contributed by atoms with Gasteiger partial charge in [-0.25, -0.2) is 8.78 Å². The molecule has 0 saturated carbocycles. The minimum atomic E-state index is -1.11. The Morgan fingerprint density at radius 3 is 2.65 bits per heavy atom. The number of hydrogen-bond acceptors (Lipinski definition) is 3. The number of primary amides is 1. The highest BCUT2D eigenvalue weighted by atomic mass is 32.2. The van der Waals surface area contributed by atoms with E-state index in [1.807, 2.05) is 0 Å². The quantitative estimate of drug-likeness (QED) is 0.791. The molecule has 6 heteroatoms. The van der Waals surface area contributed by atoms with E-state index in [1.54, 1.807) is 0 Å². The van der Waals surface area contributed by atoms with Crippen molar-refractivity contribution in [1.82, 2.24) is 0 Å². The maximum Gasteiger partial charge on any atom is 0.237 e. The van der Waals surface area contributed by atoms with E-state index in [1.165, 1.54) is 30.8 Å². The van der Waals surface area contributed by atoms with Crippen molar-refractivity contribution in [2.24, 2.45) is 11.5 Å². The summed E-state index contributed by atoms with van der Waals surface area (Å²) >= 11 is 1.17. The lowest BCUT2D eigenvalue weighted by Gasteiger charge is -2.19. The second-order valence-corrected chi connectivity index (χ2v) is 5.09. The fourth-order valence-corrected chi connectivity index (χ4v) is 2.20. The highest BCUT2D eigenvalue weighted by molar-refractivity contribution is 7.99. The first kappa shape index (κ1) is 13.9. The van der Waals surface area contributed by atoms with Gasteiger partial charge in [-0.2, -0.15) is 0 Å². The Balaban J connectivity index is 2.54. The van der Waals surface area contributed by atoms with Crippen LogP contribution in [-0.4, -0.2) is 17.2 Å². The third-order valence-corrected chi connectivity index (χ3v) is 3.39. The molecule has 0 fully saturated rings. The van der Waals surface area contributed by atoms with Crippen molar-refractivity contribution in [1.29, 1.82) is 0 Å². The fraction of sp³-hybridized carbons (Fsp3) is 0.364. The molecule has 0 aliphatic carbocycles. The summed E-state index contributed by atoms with van der Waals surface area (Å²) in [4.78, 5) is 11.3. The van der Waals surface area contributed by atoms with E-state index >= 15 is 0 Å². The number of carbonyl (C=O) groups is 1. The average Bonchev–Trinajstić information content (AvgIpc) is 2.21. The van der Waals surface area contributed by atoms with Gasteiger partial charge in [0.2, 0.25) is 5.91 Å². The molecule has 1 amide bonds. The zero-order chi connectivity index (χ0) is 13.1. The average molecular weight is 260 g/mol. The lowest BCUT2D eigenvalue weighted by molar-refractivity contribution is -0.122. The van der Waals surface area contributed by atoms with Crippen LogP contribution in [0.25, 0.3) is 0 Å². The molecule has 1 rings (SSSR count). The summed E-state index contributed by atoms with van der Waals surface area (Å²) < 4.78 is 25.9. The summed E-state index contributed by atoms with van der Waals surface area (Å²) in [6.45, 7) is 1.52. The molecule has 0 saturated heterocycles. The molecule has 1 atom stereocenters. The molecule has 0 heterocycles. The number of carbonyl (C=O) groups excluding carboxylic acids is 1. The van der Waals surface area contributed by atoms with E-state index in [2.05, 4.69) is 0 Å². The molecule has 0 aliphatic heterocycles. The van der Waals surface area contributed by atoms with E-state index < -0.39 is 23.1 Å². The van der Waals surface area contributed by atoms with Gasteiger partial charge in [-0.15, -0.1) is 11.8 Å². The molecule has 17 heavy (non-hydrogen) atoms. The Hall–Kier alpha value is -1.14. The Labute approximate surface area is 103 Å². The number of hydrogen-bond donors (Lipinski definition) is 2. The van der Waals surface area contributed by atoms with Gasteiger partial charge in [0.15, 0.2) is 0 Å². The zero-order valence-corrected chi connectivity index (χ0v) is 10.2. The second kappa shape index (κ2) is 5.46. The van der Waals surface area contributed by atoms with Crippen molar-refractivity contribution in [3.8, 4) is 0 Å². The van der Waals surface area contributed by atoms with Crippen LogP contribution >= 0.6 is 11.8 Å². The zero-order valence-electron chi connectivity index (χ0n) is 9.37. The SMILES string of the molecule is CC(N)(CCSc1ccc(F)cc1F)C(N)=O. The second-order valence-electron chi connectivity index (χ2n) is 3.95. The largest absolute Gasteiger partial charge is 0.368 e. The highest BCUT2D eigenvalue weighted by Crippen LogP contribution is 2.24. The fourth-order valence-electron chi connectivity index (χ4n) is 1.09. The Bertz CT molecular complexity index is 424. The maximum absolute atomic E-state index is 13.2. The minimum absolute atomic E-state index is 0.323. The van der Waals surface area contributed by atoms with Gasteiger partial charge < -0.3 is 11.5 Å². The van der Waals surface area contributed by atoms with E-state index in [-0.39, 0.29) is 0 Å². The molecule has 1 aromatic rings. The molecule has 3 nitrogen and oxygen atoms in total. The van der Waals surface area contributed by atoms with Crippen molar-refractivity contribution in [2.75, 3.05) is 5.75 Å². The van der Waals surface area contributed by atoms with Crippen molar-refractivity contribution >= 4 is 17.7 Å². The smallest absolute Gasteiger partial charge is 0.237 e. The molecule has 1 aromatic carbocycles. The molecule has 94 valence electrons. The highest BCUT2D eigenvalue weighted by Gasteiger charge is 2.25. The van der Waals surface area contributed by atoms with Gasteiger partial charge in [0.25, 0.3) is 0 Å². The lowest BCUT2D eigenvalue weighted by atomic mass is 10.0. The molecule has 0 radical (unpaired) electrons. The van der Waals surface area contributed by atoms with Crippen LogP contribution in [0, 0.1) is 11.6 Å². The van der Waals surface area contributed by atoms with Crippen LogP contribution in [0.15, 0.2) is 23.1 Å². The Kier molecular flexibility index (Phi) is 4.47. The minimum Gasteiger partial charge on any atom is -0.368 e. The van der Waals surface area contributed by atoms with Gasteiger partial charge in [-0.05, 0) is 25.5 Å². The predicted octanol–water partition coefficient (Wildman–Crippen LogP) is 1.65. The first-order valence-electron chi connectivity index (χ1n) is 4.99. The number of halogens is 2. The van der Waals surface area contributed by atoms with E-state index in [9.17, 15) is 13.6 Å². The van der Waals surface area contributed by atoms with Crippen LogP contribution < -0.4 is 11.5 Å². The van der Waals surface area contributed by atoms with Gasteiger partial charge in [0.1, 0.15) is 11.6 Å². The van der Waals surface area contributed by atoms with Crippen LogP contribution in [0.3, 0.4) is 0 Å². The van der Waals surface area contributed by atoms with Crippen molar-refractivity contribution in [2.45, 2.75) is 23.8 Å². The summed E-state index contributed by atoms with van der Waals surface area (Å²) in [6.07, 6.45) is 0.323. The molecule has 4 N–H and O–H groups in total. The van der Waals surface area contributed by atoms with Crippen molar-refractivity contribution in [3.05, 3.63) is 29.8 Å². The number of thioether (sulfide) groups is 1. The Morgan fingerprint density at radius 1 is 1.47 bits per heavy atom. The maximum atomic E-state index is 13.2. The summed E-state index contributed by atoms with van der Waals surface area (Å²) in [6, 6.07) is 3.35. The van der Waals surface area contributed by atoms with Crippen molar-refractivity contribution in [3.63, 3.8) is 0 Å². The predicted molar refractivity (Wildman–Crippen MR) is 63.5 cm³/mol. The van der Waals surface area contributed by atoms with E-state index in [0.29, 0.717) is 17.1 Å². The number of nitrogens with two attached hydrogens (primary N) is 2. The van der Waals surface area contributed by atoms with Crippen LogP contribution in [0.5, 0.6) is 0 Å². The van der Waals surface area contributed by atoms with Gasteiger partial charge in [-0.3, -0.25) is 4.79 Å². The molecular formula is C11H14F2N2OS. The van der Waals surface area contributed by atoms with Gasteiger partial charge in [0, 0.05) is 16.7 Å². The molecule has 0 bridgehead atoms. The van der Waals surface area contributed by atoms with Crippen LogP contribution in [-0.2, 0) is 4.79 Å². The molecule has 0 spiro atoms. The van der Waals surface area contributed by atoms with Gasteiger partial charge in [-0.1, -0.05) is 0 Å². The molecule has 1 unspecified atom stereocenters.